The second-order valence-electron chi connectivity index (χ2n) is 5.75. The summed E-state index contributed by atoms with van der Waals surface area (Å²) in [4.78, 5) is 13.2. The molecule has 0 radical (unpaired) electrons. The number of carbonyl (C=O) groups excluding carboxylic acids is 1. The van der Waals surface area contributed by atoms with Gasteiger partial charge in [0.2, 0.25) is 5.91 Å². The number of aliphatic hydroxyl groups excluding tert-OH is 1. The minimum absolute atomic E-state index is 0.170. The van der Waals surface area contributed by atoms with Gasteiger partial charge >= 0.3 is 0 Å². The Morgan fingerprint density at radius 3 is 2.59 bits per heavy atom. The van der Waals surface area contributed by atoms with E-state index in [9.17, 15) is 9.90 Å². The van der Waals surface area contributed by atoms with Crippen molar-refractivity contribution in [2.24, 2.45) is 5.73 Å². The molecule has 0 spiro atoms. The summed E-state index contributed by atoms with van der Waals surface area (Å²) < 4.78 is 5.54. The Morgan fingerprint density at radius 2 is 2.00 bits per heavy atom. The average molecular weight is 327 g/mol. The second-order valence-corrected chi connectivity index (χ2v) is 6.19. The van der Waals surface area contributed by atoms with Crippen LogP contribution in [0.2, 0.25) is 5.02 Å². The van der Waals surface area contributed by atoms with E-state index in [0.717, 1.165) is 25.7 Å². The van der Waals surface area contributed by atoms with Crippen LogP contribution in [0.5, 0.6) is 5.75 Å². The van der Waals surface area contributed by atoms with Gasteiger partial charge in [-0.1, -0.05) is 24.4 Å². The fraction of sp³-hybridized carbons (Fsp3) is 0.562. The Kier molecular flexibility index (Phi) is 6.49. The first-order valence-electron chi connectivity index (χ1n) is 7.63. The van der Waals surface area contributed by atoms with Crippen LogP contribution < -0.4 is 10.5 Å². The Morgan fingerprint density at radius 1 is 1.36 bits per heavy atom. The predicted octanol–water partition coefficient (Wildman–Crippen LogP) is 1.81. The maximum atomic E-state index is 11.2. The van der Waals surface area contributed by atoms with Crippen LogP contribution in [0, 0.1) is 0 Å². The third-order valence-electron chi connectivity index (χ3n) is 3.90. The molecule has 6 heteroatoms. The highest BCUT2D eigenvalue weighted by Crippen LogP contribution is 2.23. The van der Waals surface area contributed by atoms with Gasteiger partial charge in [-0.25, -0.2) is 0 Å². The summed E-state index contributed by atoms with van der Waals surface area (Å²) in [5, 5.41) is 10.8. The molecule has 0 heterocycles. The summed E-state index contributed by atoms with van der Waals surface area (Å²) in [7, 11) is 0. The van der Waals surface area contributed by atoms with Gasteiger partial charge in [0.15, 0.2) is 0 Å². The second kappa shape index (κ2) is 8.36. The molecule has 22 heavy (non-hydrogen) atoms. The van der Waals surface area contributed by atoms with Crippen molar-refractivity contribution in [1.82, 2.24) is 4.90 Å². The average Bonchev–Trinajstić information content (AvgIpc) is 3.00. The highest BCUT2D eigenvalue weighted by molar-refractivity contribution is 6.30. The quantitative estimate of drug-likeness (QED) is 0.764. The van der Waals surface area contributed by atoms with Gasteiger partial charge in [-0.3, -0.25) is 9.69 Å². The summed E-state index contributed by atoms with van der Waals surface area (Å²) in [5.41, 5.74) is 5.31. The van der Waals surface area contributed by atoms with Gasteiger partial charge in [0.05, 0.1) is 6.54 Å². The van der Waals surface area contributed by atoms with Crippen molar-refractivity contribution >= 4 is 17.5 Å². The van der Waals surface area contributed by atoms with Crippen molar-refractivity contribution in [2.45, 2.75) is 37.8 Å². The molecule has 1 aliphatic carbocycles. The van der Waals surface area contributed by atoms with E-state index >= 15 is 0 Å². The number of hydrogen-bond donors (Lipinski definition) is 2. The molecule has 2 rings (SSSR count). The largest absolute Gasteiger partial charge is 0.491 e. The van der Waals surface area contributed by atoms with E-state index < -0.39 is 6.10 Å². The van der Waals surface area contributed by atoms with Gasteiger partial charge in [0.1, 0.15) is 18.5 Å². The molecular weight excluding hydrogens is 304 g/mol. The van der Waals surface area contributed by atoms with Crippen LogP contribution in [-0.2, 0) is 4.79 Å². The van der Waals surface area contributed by atoms with Crippen LogP contribution in [0.25, 0.3) is 0 Å². The summed E-state index contributed by atoms with van der Waals surface area (Å²) in [6.07, 6.45) is 3.76. The standard InChI is InChI=1S/C16H23ClN2O3/c17-12-5-7-15(8-6-12)22-11-14(20)9-19(10-16(18)21)13-3-1-2-4-13/h5-8,13-14,20H,1-4,9-11H2,(H2,18,21). The molecule has 1 amide bonds. The molecule has 122 valence electrons. The molecule has 0 aromatic heterocycles. The third-order valence-corrected chi connectivity index (χ3v) is 4.15. The van der Waals surface area contributed by atoms with Crippen molar-refractivity contribution in [3.63, 3.8) is 0 Å². The Balaban J connectivity index is 1.82. The molecule has 0 aliphatic heterocycles. The number of hydrogen-bond acceptors (Lipinski definition) is 4. The molecule has 0 saturated heterocycles. The molecule has 1 aromatic carbocycles. The number of carbonyl (C=O) groups is 1. The van der Waals surface area contributed by atoms with Gasteiger partial charge in [-0.05, 0) is 37.1 Å². The number of nitrogens with two attached hydrogens (primary N) is 1. The lowest BCUT2D eigenvalue weighted by molar-refractivity contribution is -0.120. The maximum absolute atomic E-state index is 11.2. The minimum atomic E-state index is -0.671. The Bertz CT molecular complexity index is 475. The van der Waals surface area contributed by atoms with Crippen molar-refractivity contribution in [1.29, 1.82) is 0 Å². The smallest absolute Gasteiger partial charge is 0.231 e. The summed E-state index contributed by atoms with van der Waals surface area (Å²) in [6.45, 7) is 0.744. The zero-order valence-corrected chi connectivity index (χ0v) is 13.3. The molecule has 1 saturated carbocycles. The first-order chi connectivity index (χ1) is 10.5. The fourth-order valence-corrected chi connectivity index (χ4v) is 2.98. The van der Waals surface area contributed by atoms with E-state index in [-0.39, 0.29) is 19.1 Å². The molecule has 3 N–H and O–H groups in total. The number of rotatable bonds is 8. The summed E-state index contributed by atoms with van der Waals surface area (Å²) in [6, 6.07) is 7.32. The summed E-state index contributed by atoms with van der Waals surface area (Å²) in [5.74, 6) is 0.295. The van der Waals surface area contributed by atoms with Crippen LogP contribution >= 0.6 is 11.6 Å². The number of ether oxygens (including phenoxy) is 1. The molecule has 1 unspecified atom stereocenters. The summed E-state index contributed by atoms with van der Waals surface area (Å²) >= 11 is 5.81. The van der Waals surface area contributed by atoms with Gasteiger partial charge < -0.3 is 15.6 Å². The number of nitrogens with zero attached hydrogens (tertiary/aromatic N) is 1. The van der Waals surface area contributed by atoms with Gasteiger partial charge in [0, 0.05) is 17.6 Å². The number of amides is 1. The normalized spacial score (nSPS) is 16.9. The molecule has 1 aromatic rings. The minimum Gasteiger partial charge on any atom is -0.491 e. The van der Waals surface area contributed by atoms with Crippen LogP contribution in [0.3, 0.4) is 0 Å². The van der Waals surface area contributed by atoms with E-state index in [1.165, 1.54) is 0 Å². The van der Waals surface area contributed by atoms with Gasteiger partial charge in [0.25, 0.3) is 0 Å². The lowest BCUT2D eigenvalue weighted by Gasteiger charge is -2.29. The highest BCUT2D eigenvalue weighted by Gasteiger charge is 2.25. The first-order valence-corrected chi connectivity index (χ1v) is 8.01. The predicted molar refractivity (Wildman–Crippen MR) is 86.0 cm³/mol. The van der Waals surface area contributed by atoms with Crippen molar-refractivity contribution in [3.8, 4) is 5.75 Å². The van der Waals surface area contributed by atoms with Crippen LogP contribution in [0.1, 0.15) is 25.7 Å². The van der Waals surface area contributed by atoms with Crippen molar-refractivity contribution in [3.05, 3.63) is 29.3 Å². The van der Waals surface area contributed by atoms with Crippen LogP contribution in [0.4, 0.5) is 0 Å². The fourth-order valence-electron chi connectivity index (χ4n) is 2.86. The van der Waals surface area contributed by atoms with E-state index in [2.05, 4.69) is 0 Å². The molecule has 1 atom stereocenters. The van der Waals surface area contributed by atoms with E-state index in [1.54, 1.807) is 24.3 Å². The molecule has 1 fully saturated rings. The number of aliphatic hydroxyl groups is 1. The number of primary amides is 1. The van der Waals surface area contributed by atoms with Crippen LogP contribution in [-0.4, -0.2) is 47.8 Å². The van der Waals surface area contributed by atoms with E-state index in [4.69, 9.17) is 22.1 Å². The van der Waals surface area contributed by atoms with E-state index in [1.807, 2.05) is 4.90 Å². The van der Waals surface area contributed by atoms with Crippen molar-refractivity contribution in [2.75, 3.05) is 19.7 Å². The monoisotopic (exact) mass is 326 g/mol. The lowest BCUT2D eigenvalue weighted by Crippen LogP contribution is -2.45. The Hall–Kier alpha value is -1.30. The zero-order chi connectivity index (χ0) is 15.9. The molecule has 0 bridgehead atoms. The highest BCUT2D eigenvalue weighted by atomic mass is 35.5. The third kappa shape index (κ3) is 5.48. The lowest BCUT2D eigenvalue weighted by atomic mass is 10.2. The maximum Gasteiger partial charge on any atom is 0.231 e. The topological polar surface area (TPSA) is 75.8 Å². The number of benzene rings is 1. The molecule has 1 aliphatic rings. The van der Waals surface area contributed by atoms with Crippen molar-refractivity contribution < 1.29 is 14.6 Å². The molecule has 5 nitrogen and oxygen atoms in total. The van der Waals surface area contributed by atoms with Gasteiger partial charge in [-0.2, -0.15) is 0 Å². The SMILES string of the molecule is NC(=O)CN(CC(O)COc1ccc(Cl)cc1)C1CCCC1. The van der Waals surface area contributed by atoms with E-state index in [0.29, 0.717) is 23.4 Å². The zero-order valence-electron chi connectivity index (χ0n) is 12.6. The Labute approximate surface area is 136 Å². The first kappa shape index (κ1) is 17.1. The van der Waals surface area contributed by atoms with Gasteiger partial charge in [-0.15, -0.1) is 0 Å². The van der Waals surface area contributed by atoms with Crippen LogP contribution in [0.15, 0.2) is 24.3 Å². The molecular formula is C16H23ClN2O3. The number of halogens is 1.